The lowest BCUT2D eigenvalue weighted by atomic mass is 9.39. The fourth-order valence-electron chi connectivity index (χ4n) is 9.42. The van der Waals surface area contributed by atoms with Crippen LogP contribution in [0.15, 0.2) is 23.8 Å². The summed E-state index contributed by atoms with van der Waals surface area (Å²) < 4.78 is 23.2. The molecule has 9 nitrogen and oxygen atoms in total. The molecule has 3 fully saturated rings. The highest BCUT2D eigenvalue weighted by molar-refractivity contribution is 5.98. The van der Waals surface area contributed by atoms with E-state index in [0.29, 0.717) is 12.8 Å². The van der Waals surface area contributed by atoms with E-state index in [1.165, 1.54) is 19.9 Å². The summed E-state index contributed by atoms with van der Waals surface area (Å²) in [7, 11) is 0. The highest BCUT2D eigenvalue weighted by Crippen LogP contribution is 2.71. The van der Waals surface area contributed by atoms with Crippen LogP contribution in [0.4, 0.5) is 0 Å². The van der Waals surface area contributed by atoms with Crippen molar-refractivity contribution in [2.75, 3.05) is 6.61 Å². The molecule has 0 spiro atoms. The van der Waals surface area contributed by atoms with Crippen LogP contribution in [0.5, 0.6) is 0 Å². The molecule has 9 heteroatoms. The molecule has 0 radical (unpaired) electrons. The number of fused-ring (bicyclic) bond motifs is 5. The van der Waals surface area contributed by atoms with Crippen LogP contribution in [0, 0.1) is 39.9 Å². The van der Waals surface area contributed by atoms with Crippen LogP contribution in [0.25, 0.3) is 0 Å². The molecule has 0 N–H and O–H groups in total. The number of ketones is 1. The Morgan fingerprint density at radius 3 is 2.26 bits per heavy atom. The van der Waals surface area contributed by atoms with Crippen molar-refractivity contribution in [3.8, 4) is 0 Å². The summed E-state index contributed by atoms with van der Waals surface area (Å²) in [5.41, 5.74) is -2.49. The van der Waals surface area contributed by atoms with E-state index in [4.69, 9.17) is 18.9 Å². The Kier molecular flexibility index (Phi) is 6.20. The topological polar surface area (TPSA) is 122 Å². The summed E-state index contributed by atoms with van der Waals surface area (Å²) in [6.45, 7) is 12.5. The van der Waals surface area contributed by atoms with Crippen LogP contribution in [-0.4, -0.2) is 54.1 Å². The maximum absolute atomic E-state index is 13.7. The summed E-state index contributed by atoms with van der Waals surface area (Å²) in [5.74, 6) is -3.37. The first-order chi connectivity index (χ1) is 18.1. The highest BCUT2D eigenvalue weighted by atomic mass is 16.6. The van der Waals surface area contributed by atoms with Gasteiger partial charge in [-0.05, 0) is 49.7 Å². The summed E-state index contributed by atoms with van der Waals surface area (Å²) in [5, 5.41) is 0. The number of carbonyl (C=O) groups is 5. The molecule has 3 aliphatic carbocycles. The monoisotopic (exact) mass is 542 g/mol. The van der Waals surface area contributed by atoms with Gasteiger partial charge in [0.25, 0.3) is 0 Å². The third-order valence-electron chi connectivity index (χ3n) is 10.4. The average Bonchev–Trinajstić information content (AvgIpc) is 3.31. The minimum Gasteiger partial charge on any atom is -0.465 e. The van der Waals surface area contributed by atoms with Crippen molar-refractivity contribution < 1.29 is 42.9 Å². The normalized spacial score (nSPS) is 44.2. The Balaban J connectivity index is 1.73. The van der Waals surface area contributed by atoms with E-state index >= 15 is 0 Å². The smallest absolute Gasteiger partial charge is 0.330 e. The van der Waals surface area contributed by atoms with Gasteiger partial charge < -0.3 is 18.9 Å². The molecule has 0 aromatic rings. The summed E-state index contributed by atoms with van der Waals surface area (Å²) in [6.07, 6.45) is 4.58. The van der Waals surface area contributed by atoms with Crippen molar-refractivity contribution in [1.82, 2.24) is 0 Å². The van der Waals surface area contributed by atoms with Gasteiger partial charge >= 0.3 is 23.9 Å². The quantitative estimate of drug-likeness (QED) is 0.390. The maximum Gasteiger partial charge on any atom is 0.330 e. The van der Waals surface area contributed by atoms with Crippen molar-refractivity contribution in [1.29, 1.82) is 0 Å². The van der Waals surface area contributed by atoms with Crippen LogP contribution in [0.1, 0.15) is 67.7 Å². The van der Waals surface area contributed by atoms with Crippen LogP contribution < -0.4 is 0 Å². The molecular formula is C30H38O9. The van der Waals surface area contributed by atoms with Gasteiger partial charge in [-0.3, -0.25) is 19.2 Å². The Labute approximate surface area is 228 Å². The molecule has 1 saturated heterocycles. The lowest BCUT2D eigenvalue weighted by molar-refractivity contribution is -0.248. The van der Waals surface area contributed by atoms with Gasteiger partial charge in [0.2, 0.25) is 0 Å². The maximum atomic E-state index is 13.7. The zero-order valence-electron chi connectivity index (χ0n) is 23.7. The number of hydrogen-bond donors (Lipinski definition) is 0. The van der Waals surface area contributed by atoms with Crippen molar-refractivity contribution in [2.45, 2.75) is 85.5 Å². The summed E-state index contributed by atoms with van der Waals surface area (Å²) >= 11 is 0. The molecule has 0 amide bonds. The van der Waals surface area contributed by atoms with Crippen LogP contribution in [-0.2, 0) is 42.9 Å². The van der Waals surface area contributed by atoms with Gasteiger partial charge in [-0.1, -0.05) is 26.8 Å². The number of allylic oxidation sites excluding steroid dienone is 2. The second kappa shape index (κ2) is 8.77. The van der Waals surface area contributed by atoms with Gasteiger partial charge in [0, 0.05) is 48.5 Å². The number of carbonyl (C=O) groups excluding carboxylic acids is 5. The first-order valence-corrected chi connectivity index (χ1v) is 13.7. The second-order valence-electron chi connectivity index (χ2n) is 13.2. The second-order valence-corrected chi connectivity index (χ2v) is 13.2. The van der Waals surface area contributed by atoms with Gasteiger partial charge in [-0.2, -0.15) is 0 Å². The Morgan fingerprint density at radius 2 is 1.67 bits per heavy atom. The zero-order chi connectivity index (χ0) is 28.7. The van der Waals surface area contributed by atoms with Crippen LogP contribution in [0.2, 0.25) is 0 Å². The summed E-state index contributed by atoms with van der Waals surface area (Å²) in [4.78, 5) is 63.6. The van der Waals surface area contributed by atoms with Gasteiger partial charge in [0.1, 0.15) is 17.8 Å². The number of ether oxygens (including phenoxy) is 4. The fraction of sp³-hybridized carbons (Fsp3) is 0.700. The standard InChI is InChI=1S/C30H38O9/c1-15(31)37-24-25-27(3,4)39-21(34)9-11-29(25,6)19-8-10-28(5)20(30(19,7)26(24)38-16(2)32)13-18(33)23(28)17-12-22(35)36-14-17/h9,11,13,17,19,23-26H,8,10,12,14H2,1-7H3/t17?,19-,23-,24-,25+,26-,28-,29-,30-/m1/s1. The first-order valence-electron chi connectivity index (χ1n) is 13.7. The molecule has 1 unspecified atom stereocenters. The van der Waals surface area contributed by atoms with Gasteiger partial charge in [0.05, 0.1) is 13.0 Å². The number of cyclic esters (lactones) is 2. The van der Waals surface area contributed by atoms with Crippen molar-refractivity contribution in [3.63, 3.8) is 0 Å². The Morgan fingerprint density at radius 1 is 1.00 bits per heavy atom. The molecule has 2 aliphatic heterocycles. The van der Waals surface area contributed by atoms with Gasteiger partial charge in [0.15, 0.2) is 5.78 Å². The molecule has 9 atom stereocenters. The minimum atomic E-state index is -1.07. The van der Waals surface area contributed by atoms with Gasteiger partial charge in [-0.25, -0.2) is 4.79 Å². The molecule has 5 aliphatic rings. The van der Waals surface area contributed by atoms with E-state index in [9.17, 15) is 24.0 Å². The van der Waals surface area contributed by atoms with Crippen molar-refractivity contribution >= 4 is 29.7 Å². The van der Waals surface area contributed by atoms with Crippen LogP contribution >= 0.6 is 0 Å². The molecule has 39 heavy (non-hydrogen) atoms. The minimum absolute atomic E-state index is 0.0641. The largest absolute Gasteiger partial charge is 0.465 e. The molecule has 212 valence electrons. The van der Waals surface area contributed by atoms with Crippen LogP contribution in [0.3, 0.4) is 0 Å². The Hall–Kier alpha value is -2.97. The average molecular weight is 543 g/mol. The van der Waals surface area contributed by atoms with E-state index in [1.54, 1.807) is 19.9 Å². The van der Waals surface area contributed by atoms with Crippen molar-refractivity contribution in [3.05, 3.63) is 23.8 Å². The van der Waals surface area contributed by atoms with E-state index in [-0.39, 0.29) is 36.6 Å². The Bertz CT molecular complexity index is 1210. The SMILES string of the molecule is CC(=O)O[C@H]1[C@@H](OC(C)=O)[C@@]2(C)C3=CC(=O)[C@@H](C4COC(=O)C4)[C@]3(C)CC[C@@H]2[C@@]2(C)C=CC(=O)OC(C)(C)[C@H]12. The molecule has 5 rings (SSSR count). The molecule has 2 heterocycles. The molecule has 0 bridgehead atoms. The third-order valence-corrected chi connectivity index (χ3v) is 10.4. The first kappa shape index (κ1) is 27.6. The zero-order valence-corrected chi connectivity index (χ0v) is 23.7. The molecule has 0 aromatic carbocycles. The van der Waals surface area contributed by atoms with Gasteiger partial charge in [-0.15, -0.1) is 0 Å². The number of rotatable bonds is 3. The lowest BCUT2D eigenvalue weighted by Crippen LogP contribution is -2.70. The van der Waals surface area contributed by atoms with E-state index in [1.807, 2.05) is 19.9 Å². The molecular weight excluding hydrogens is 504 g/mol. The lowest BCUT2D eigenvalue weighted by Gasteiger charge is -2.66. The third kappa shape index (κ3) is 3.90. The number of esters is 4. The van der Waals surface area contributed by atoms with E-state index < -0.39 is 63.8 Å². The predicted octanol–water partition coefficient (Wildman–Crippen LogP) is 3.49. The summed E-state index contributed by atoms with van der Waals surface area (Å²) in [6, 6.07) is 0. The predicted molar refractivity (Wildman–Crippen MR) is 137 cm³/mol. The molecule has 0 aromatic heterocycles. The highest BCUT2D eigenvalue weighted by Gasteiger charge is 2.73. The van der Waals surface area contributed by atoms with E-state index in [2.05, 4.69) is 6.92 Å². The molecule has 2 saturated carbocycles. The van der Waals surface area contributed by atoms with E-state index in [0.717, 1.165) is 5.57 Å². The number of hydrogen-bond acceptors (Lipinski definition) is 9. The van der Waals surface area contributed by atoms with Crippen molar-refractivity contribution in [2.24, 2.45) is 39.9 Å². The fourth-order valence-corrected chi connectivity index (χ4v) is 9.42.